The Morgan fingerprint density at radius 3 is 2.84 bits per heavy atom. The van der Waals surface area contributed by atoms with Crippen molar-refractivity contribution < 1.29 is 19.0 Å². The van der Waals surface area contributed by atoms with Crippen molar-refractivity contribution in [3.05, 3.63) is 59.4 Å². The molecule has 0 radical (unpaired) electrons. The van der Waals surface area contributed by atoms with E-state index in [1.54, 1.807) is 36.4 Å². The van der Waals surface area contributed by atoms with Crippen LogP contribution in [0.15, 0.2) is 42.5 Å². The zero-order chi connectivity index (χ0) is 17.8. The molecule has 0 saturated carbocycles. The second-order valence-electron chi connectivity index (χ2n) is 6.09. The minimum Gasteiger partial charge on any atom is -0.507 e. The largest absolute Gasteiger partial charge is 0.507 e. The van der Waals surface area contributed by atoms with E-state index in [1.807, 2.05) is 0 Å². The molecule has 5 nitrogen and oxygen atoms in total. The number of phenols is 1. The van der Waals surface area contributed by atoms with E-state index in [0.717, 1.165) is 0 Å². The standard InChI is InChI=1S/C19H21FN2O3/c1-25-13-7-6-12(17(23)10-13)11-21-16-8-9-18(24)22-19(16)14-4-2-3-5-15(14)20/h2-7,10,16,19,21,23H,8-9,11H2,1H3,(H,22,24)/t16-,19+/m1/s1. The molecule has 0 aliphatic carbocycles. The number of benzene rings is 2. The smallest absolute Gasteiger partial charge is 0.220 e. The molecule has 0 spiro atoms. The van der Waals surface area contributed by atoms with Gasteiger partial charge in [0.05, 0.1) is 13.2 Å². The third-order valence-electron chi connectivity index (χ3n) is 4.49. The second-order valence-corrected chi connectivity index (χ2v) is 6.09. The molecule has 2 atom stereocenters. The van der Waals surface area contributed by atoms with Crippen molar-refractivity contribution >= 4 is 5.91 Å². The van der Waals surface area contributed by atoms with Crippen LogP contribution in [0.3, 0.4) is 0 Å². The van der Waals surface area contributed by atoms with Gasteiger partial charge in [0.2, 0.25) is 5.91 Å². The van der Waals surface area contributed by atoms with Crippen LogP contribution in [-0.2, 0) is 11.3 Å². The molecule has 2 aromatic rings. The Hall–Kier alpha value is -2.60. The second kappa shape index (κ2) is 7.53. The van der Waals surface area contributed by atoms with Gasteiger partial charge in [-0.05, 0) is 18.6 Å². The average molecular weight is 344 g/mol. The number of carbonyl (C=O) groups is 1. The molecular formula is C19H21FN2O3. The molecule has 0 bridgehead atoms. The van der Waals surface area contributed by atoms with Gasteiger partial charge in [-0.2, -0.15) is 0 Å². The lowest BCUT2D eigenvalue weighted by atomic mass is 9.91. The number of halogens is 1. The van der Waals surface area contributed by atoms with E-state index >= 15 is 0 Å². The van der Waals surface area contributed by atoms with Crippen LogP contribution >= 0.6 is 0 Å². The molecule has 1 fully saturated rings. The molecule has 3 rings (SSSR count). The minimum absolute atomic E-state index is 0.0846. The van der Waals surface area contributed by atoms with E-state index in [2.05, 4.69) is 10.6 Å². The fraction of sp³-hybridized carbons (Fsp3) is 0.316. The highest BCUT2D eigenvalue weighted by atomic mass is 19.1. The number of carbonyl (C=O) groups excluding carboxylic acids is 1. The quantitative estimate of drug-likeness (QED) is 0.780. The lowest BCUT2D eigenvalue weighted by Crippen LogP contribution is -2.48. The number of phenolic OH excluding ortho intramolecular Hbond substituents is 1. The van der Waals surface area contributed by atoms with E-state index in [4.69, 9.17) is 4.74 Å². The van der Waals surface area contributed by atoms with Crippen molar-refractivity contribution in [2.75, 3.05) is 7.11 Å². The summed E-state index contributed by atoms with van der Waals surface area (Å²) in [5, 5.41) is 16.3. The maximum atomic E-state index is 14.2. The number of hydrogen-bond acceptors (Lipinski definition) is 4. The van der Waals surface area contributed by atoms with Crippen molar-refractivity contribution in [1.29, 1.82) is 0 Å². The highest BCUT2D eigenvalue weighted by Gasteiger charge is 2.31. The normalized spacial score (nSPS) is 20.2. The van der Waals surface area contributed by atoms with Gasteiger partial charge in [-0.1, -0.05) is 24.3 Å². The zero-order valence-electron chi connectivity index (χ0n) is 14.0. The molecule has 6 heteroatoms. The lowest BCUT2D eigenvalue weighted by Gasteiger charge is -2.33. The first-order valence-corrected chi connectivity index (χ1v) is 8.21. The van der Waals surface area contributed by atoms with E-state index in [-0.39, 0.29) is 23.5 Å². The summed E-state index contributed by atoms with van der Waals surface area (Å²) in [5.41, 5.74) is 1.18. The van der Waals surface area contributed by atoms with Gasteiger partial charge >= 0.3 is 0 Å². The number of piperidine rings is 1. The summed E-state index contributed by atoms with van der Waals surface area (Å²) in [6.45, 7) is 0.404. The van der Waals surface area contributed by atoms with Crippen LogP contribution in [0.1, 0.15) is 30.0 Å². The summed E-state index contributed by atoms with van der Waals surface area (Å²) in [6, 6.07) is 11.0. The summed E-state index contributed by atoms with van der Waals surface area (Å²) >= 11 is 0. The van der Waals surface area contributed by atoms with Crippen molar-refractivity contribution in [2.45, 2.75) is 31.5 Å². The lowest BCUT2D eigenvalue weighted by molar-refractivity contribution is -0.123. The molecule has 1 amide bonds. The Bertz CT molecular complexity index is 766. The summed E-state index contributed by atoms with van der Waals surface area (Å²) in [5.74, 6) is 0.289. The van der Waals surface area contributed by atoms with Crippen LogP contribution in [0.2, 0.25) is 0 Å². The number of methoxy groups -OCH3 is 1. The molecule has 1 heterocycles. The van der Waals surface area contributed by atoms with Crippen LogP contribution in [-0.4, -0.2) is 24.2 Å². The van der Waals surface area contributed by atoms with Crippen LogP contribution in [0, 0.1) is 5.82 Å². The molecule has 2 aromatic carbocycles. The number of ether oxygens (including phenoxy) is 1. The summed E-state index contributed by atoms with van der Waals surface area (Å²) < 4.78 is 19.2. The summed E-state index contributed by atoms with van der Waals surface area (Å²) in [6.07, 6.45) is 0.985. The predicted octanol–water partition coefficient (Wildman–Crippen LogP) is 2.65. The third kappa shape index (κ3) is 3.91. The molecule has 132 valence electrons. The highest BCUT2D eigenvalue weighted by Crippen LogP contribution is 2.28. The van der Waals surface area contributed by atoms with Gasteiger partial charge in [0.1, 0.15) is 17.3 Å². The van der Waals surface area contributed by atoms with E-state index in [0.29, 0.717) is 36.3 Å². The van der Waals surface area contributed by atoms with Crippen molar-refractivity contribution in [3.8, 4) is 11.5 Å². The zero-order valence-corrected chi connectivity index (χ0v) is 14.0. The highest BCUT2D eigenvalue weighted by molar-refractivity contribution is 5.77. The Morgan fingerprint density at radius 2 is 2.12 bits per heavy atom. The van der Waals surface area contributed by atoms with Gasteiger partial charge < -0.3 is 20.5 Å². The van der Waals surface area contributed by atoms with Gasteiger partial charge in [0, 0.05) is 36.2 Å². The number of rotatable bonds is 5. The maximum absolute atomic E-state index is 14.2. The SMILES string of the molecule is COc1ccc(CN[C@@H]2CCC(=O)N[C@H]2c2ccccc2F)c(O)c1. The first-order valence-electron chi connectivity index (χ1n) is 8.21. The van der Waals surface area contributed by atoms with Gasteiger partial charge in [0.15, 0.2) is 0 Å². The molecule has 1 aliphatic rings. The Labute approximate surface area is 145 Å². The molecule has 25 heavy (non-hydrogen) atoms. The number of hydrogen-bond donors (Lipinski definition) is 3. The summed E-state index contributed by atoms with van der Waals surface area (Å²) in [4.78, 5) is 11.8. The Kier molecular flexibility index (Phi) is 5.19. The van der Waals surface area contributed by atoms with Crippen molar-refractivity contribution in [3.63, 3.8) is 0 Å². The molecular weight excluding hydrogens is 323 g/mol. The van der Waals surface area contributed by atoms with E-state index in [1.165, 1.54) is 13.2 Å². The number of nitrogens with one attached hydrogen (secondary N) is 2. The average Bonchev–Trinajstić information content (AvgIpc) is 2.62. The van der Waals surface area contributed by atoms with E-state index < -0.39 is 6.04 Å². The fourth-order valence-corrected chi connectivity index (χ4v) is 3.10. The minimum atomic E-state index is -0.442. The number of aromatic hydroxyl groups is 1. The topological polar surface area (TPSA) is 70.6 Å². The van der Waals surface area contributed by atoms with Gasteiger partial charge in [0.25, 0.3) is 0 Å². The predicted molar refractivity (Wildman–Crippen MR) is 91.8 cm³/mol. The van der Waals surface area contributed by atoms with Gasteiger partial charge in [-0.15, -0.1) is 0 Å². The molecule has 1 aliphatic heterocycles. The maximum Gasteiger partial charge on any atom is 0.220 e. The van der Waals surface area contributed by atoms with Crippen LogP contribution in [0.25, 0.3) is 0 Å². The van der Waals surface area contributed by atoms with Crippen LogP contribution in [0.5, 0.6) is 11.5 Å². The monoisotopic (exact) mass is 344 g/mol. The molecule has 1 saturated heterocycles. The van der Waals surface area contributed by atoms with Crippen LogP contribution < -0.4 is 15.4 Å². The first kappa shape index (κ1) is 17.2. The van der Waals surface area contributed by atoms with E-state index in [9.17, 15) is 14.3 Å². The Morgan fingerprint density at radius 1 is 1.32 bits per heavy atom. The molecule has 0 unspecified atom stereocenters. The number of amides is 1. The fourth-order valence-electron chi connectivity index (χ4n) is 3.10. The Balaban J connectivity index is 1.75. The molecule has 0 aromatic heterocycles. The van der Waals surface area contributed by atoms with Crippen molar-refractivity contribution in [1.82, 2.24) is 10.6 Å². The summed E-state index contributed by atoms with van der Waals surface area (Å²) in [7, 11) is 1.54. The first-order chi connectivity index (χ1) is 12.1. The third-order valence-corrected chi connectivity index (χ3v) is 4.49. The van der Waals surface area contributed by atoms with Crippen molar-refractivity contribution in [2.24, 2.45) is 0 Å². The molecule has 3 N–H and O–H groups in total. The van der Waals surface area contributed by atoms with Gasteiger partial charge in [-0.3, -0.25) is 4.79 Å². The van der Waals surface area contributed by atoms with Crippen LogP contribution in [0.4, 0.5) is 4.39 Å². The van der Waals surface area contributed by atoms with Gasteiger partial charge in [-0.25, -0.2) is 4.39 Å².